The van der Waals surface area contributed by atoms with Gasteiger partial charge < -0.3 is 15.7 Å². The first kappa shape index (κ1) is 13.4. The highest BCUT2D eigenvalue weighted by Crippen LogP contribution is 2.10. The molecule has 92 valence electrons. The van der Waals surface area contributed by atoms with Crippen LogP contribution in [0.4, 0.5) is 0 Å². The van der Waals surface area contributed by atoms with E-state index in [1.165, 1.54) is 0 Å². The minimum absolute atomic E-state index is 0.114. The van der Waals surface area contributed by atoms with Crippen LogP contribution in [0, 0.1) is 0 Å². The number of rotatable bonds is 7. The van der Waals surface area contributed by atoms with E-state index in [0.29, 0.717) is 6.54 Å². The van der Waals surface area contributed by atoms with Crippen molar-refractivity contribution in [3.05, 3.63) is 48.6 Å². The normalized spacial score (nSPS) is 11.8. The summed E-state index contributed by atoms with van der Waals surface area (Å²) in [6, 6.07) is 9.04. The molecule has 0 radical (unpaired) electrons. The average Bonchev–Trinajstić information content (AvgIpc) is 2.37. The highest BCUT2D eigenvalue weighted by atomic mass is 16.3. The molecule has 0 heterocycles. The Morgan fingerprint density at radius 1 is 1.41 bits per heavy atom. The Bertz CT molecular complexity index is 352. The molecule has 1 amide bonds. The lowest BCUT2D eigenvalue weighted by molar-refractivity contribution is -0.121. The molecule has 0 saturated heterocycles. The Balaban J connectivity index is 2.47. The van der Waals surface area contributed by atoms with Crippen LogP contribution in [0.3, 0.4) is 0 Å². The fourth-order valence-electron chi connectivity index (χ4n) is 1.45. The van der Waals surface area contributed by atoms with Gasteiger partial charge in [-0.2, -0.15) is 0 Å². The summed E-state index contributed by atoms with van der Waals surface area (Å²) in [5.41, 5.74) is 0.895. The lowest BCUT2D eigenvalue weighted by Crippen LogP contribution is -2.37. The topological polar surface area (TPSA) is 61.4 Å². The number of nitrogens with one attached hydrogen (secondary N) is 2. The molecule has 0 aromatic heterocycles. The Hall–Kier alpha value is -1.65. The second-order valence-electron chi connectivity index (χ2n) is 3.63. The van der Waals surface area contributed by atoms with Crippen molar-refractivity contribution >= 4 is 5.91 Å². The number of hydrogen-bond donors (Lipinski definition) is 3. The molecule has 1 aromatic carbocycles. The van der Waals surface area contributed by atoms with Crippen LogP contribution in [0.1, 0.15) is 11.6 Å². The van der Waals surface area contributed by atoms with Crippen molar-refractivity contribution in [3.8, 4) is 0 Å². The number of aliphatic hydroxyl groups excluding tert-OH is 1. The van der Waals surface area contributed by atoms with Gasteiger partial charge in [-0.1, -0.05) is 36.4 Å². The molecule has 0 aliphatic rings. The smallest absolute Gasteiger partial charge is 0.234 e. The largest absolute Gasteiger partial charge is 0.394 e. The number of aliphatic hydroxyl groups is 1. The van der Waals surface area contributed by atoms with Crippen molar-refractivity contribution in [1.82, 2.24) is 10.6 Å². The molecule has 1 atom stereocenters. The van der Waals surface area contributed by atoms with Crippen LogP contribution >= 0.6 is 0 Å². The van der Waals surface area contributed by atoms with Gasteiger partial charge in [0.2, 0.25) is 5.91 Å². The van der Waals surface area contributed by atoms with Gasteiger partial charge in [-0.15, -0.1) is 6.58 Å². The monoisotopic (exact) mass is 234 g/mol. The third-order valence-electron chi connectivity index (χ3n) is 2.29. The maximum Gasteiger partial charge on any atom is 0.234 e. The molecule has 1 aromatic rings. The highest BCUT2D eigenvalue weighted by molar-refractivity contribution is 5.78. The molecule has 0 aliphatic heterocycles. The van der Waals surface area contributed by atoms with Crippen LogP contribution in [0.25, 0.3) is 0 Å². The van der Waals surface area contributed by atoms with Crippen LogP contribution in [0.5, 0.6) is 0 Å². The van der Waals surface area contributed by atoms with Gasteiger partial charge in [0, 0.05) is 6.54 Å². The van der Waals surface area contributed by atoms with E-state index in [-0.39, 0.29) is 25.1 Å². The molecule has 1 rings (SSSR count). The quantitative estimate of drug-likeness (QED) is 0.478. The molecule has 17 heavy (non-hydrogen) atoms. The number of carbonyl (C=O) groups excluding carboxylic acids is 1. The molecule has 0 saturated carbocycles. The molecule has 0 aliphatic carbocycles. The van der Waals surface area contributed by atoms with E-state index >= 15 is 0 Å². The summed E-state index contributed by atoms with van der Waals surface area (Å²) in [5.74, 6) is -0.144. The SMILES string of the molecule is C=CCNCC(=O)N[C@H](CO)c1ccccc1. The van der Waals surface area contributed by atoms with Crippen LogP contribution < -0.4 is 10.6 Å². The summed E-state index contributed by atoms with van der Waals surface area (Å²) >= 11 is 0. The van der Waals surface area contributed by atoms with Gasteiger partial charge in [-0.25, -0.2) is 0 Å². The summed E-state index contributed by atoms with van der Waals surface area (Å²) in [4.78, 5) is 11.5. The Kier molecular flexibility index (Phi) is 5.99. The first-order chi connectivity index (χ1) is 8.27. The number of hydrogen-bond acceptors (Lipinski definition) is 3. The molecule has 0 bridgehead atoms. The third kappa shape index (κ3) is 4.80. The second kappa shape index (κ2) is 7.60. The van der Waals surface area contributed by atoms with E-state index in [0.717, 1.165) is 5.56 Å². The zero-order valence-electron chi connectivity index (χ0n) is 9.73. The van der Waals surface area contributed by atoms with E-state index < -0.39 is 0 Å². The fourth-order valence-corrected chi connectivity index (χ4v) is 1.45. The Labute approximate surface area is 101 Å². The Morgan fingerprint density at radius 2 is 2.12 bits per heavy atom. The zero-order chi connectivity index (χ0) is 12.5. The predicted molar refractivity (Wildman–Crippen MR) is 67.5 cm³/mol. The van der Waals surface area contributed by atoms with Crippen molar-refractivity contribution in [2.75, 3.05) is 19.7 Å². The highest BCUT2D eigenvalue weighted by Gasteiger charge is 2.12. The first-order valence-corrected chi connectivity index (χ1v) is 5.54. The molecule has 3 N–H and O–H groups in total. The minimum Gasteiger partial charge on any atom is -0.394 e. The summed E-state index contributed by atoms with van der Waals surface area (Å²) in [6.07, 6.45) is 1.69. The third-order valence-corrected chi connectivity index (χ3v) is 2.29. The molecule has 4 nitrogen and oxygen atoms in total. The standard InChI is InChI=1S/C13H18N2O2/c1-2-8-14-9-13(17)15-12(10-16)11-6-4-3-5-7-11/h2-7,12,14,16H,1,8-10H2,(H,15,17)/t12-/m1/s1. The lowest BCUT2D eigenvalue weighted by Gasteiger charge is -2.16. The zero-order valence-corrected chi connectivity index (χ0v) is 9.73. The minimum atomic E-state index is -0.353. The van der Waals surface area contributed by atoms with Crippen molar-refractivity contribution in [2.45, 2.75) is 6.04 Å². The van der Waals surface area contributed by atoms with E-state index in [1.807, 2.05) is 30.3 Å². The van der Waals surface area contributed by atoms with Gasteiger partial charge in [0.15, 0.2) is 0 Å². The van der Waals surface area contributed by atoms with Crippen molar-refractivity contribution in [3.63, 3.8) is 0 Å². The molecule has 0 unspecified atom stereocenters. The summed E-state index contributed by atoms with van der Waals surface area (Å²) in [6.45, 7) is 4.24. The van der Waals surface area contributed by atoms with Gasteiger partial charge in [-0.05, 0) is 5.56 Å². The summed E-state index contributed by atoms with van der Waals surface area (Å²) in [5, 5.41) is 14.9. The number of amides is 1. The maximum atomic E-state index is 11.5. The maximum absolute atomic E-state index is 11.5. The van der Waals surface area contributed by atoms with Gasteiger partial charge in [-0.3, -0.25) is 4.79 Å². The van der Waals surface area contributed by atoms with Crippen LogP contribution in [0.15, 0.2) is 43.0 Å². The number of carbonyl (C=O) groups is 1. The van der Waals surface area contributed by atoms with E-state index in [2.05, 4.69) is 17.2 Å². The number of benzene rings is 1. The van der Waals surface area contributed by atoms with Gasteiger partial charge in [0.1, 0.15) is 0 Å². The van der Waals surface area contributed by atoms with Crippen molar-refractivity contribution in [1.29, 1.82) is 0 Å². The van der Waals surface area contributed by atoms with Crippen LogP contribution in [0.2, 0.25) is 0 Å². The Morgan fingerprint density at radius 3 is 2.71 bits per heavy atom. The average molecular weight is 234 g/mol. The van der Waals surface area contributed by atoms with E-state index in [1.54, 1.807) is 6.08 Å². The molecular weight excluding hydrogens is 216 g/mol. The van der Waals surface area contributed by atoms with Crippen molar-refractivity contribution < 1.29 is 9.90 Å². The van der Waals surface area contributed by atoms with Crippen molar-refractivity contribution in [2.24, 2.45) is 0 Å². The van der Waals surface area contributed by atoms with E-state index in [4.69, 9.17) is 0 Å². The van der Waals surface area contributed by atoms with Gasteiger partial charge in [0.05, 0.1) is 19.2 Å². The van der Waals surface area contributed by atoms with Gasteiger partial charge >= 0.3 is 0 Å². The molecule has 0 fully saturated rings. The van der Waals surface area contributed by atoms with Crippen LogP contribution in [-0.4, -0.2) is 30.7 Å². The lowest BCUT2D eigenvalue weighted by atomic mass is 10.1. The molecule has 0 spiro atoms. The fraction of sp³-hybridized carbons (Fsp3) is 0.308. The summed E-state index contributed by atoms with van der Waals surface area (Å²) in [7, 11) is 0. The second-order valence-corrected chi connectivity index (χ2v) is 3.63. The first-order valence-electron chi connectivity index (χ1n) is 5.54. The predicted octanol–water partition coefficient (Wildman–Crippen LogP) is 0.612. The molecule has 4 heteroatoms. The summed E-state index contributed by atoms with van der Waals surface area (Å²) < 4.78 is 0. The van der Waals surface area contributed by atoms with Gasteiger partial charge in [0.25, 0.3) is 0 Å². The molecular formula is C13H18N2O2. The van der Waals surface area contributed by atoms with Crippen LogP contribution in [-0.2, 0) is 4.79 Å². The van der Waals surface area contributed by atoms with E-state index in [9.17, 15) is 9.90 Å².